The second kappa shape index (κ2) is 5.48. The number of aromatic nitrogens is 2. The lowest BCUT2D eigenvalue weighted by atomic mass is 9.73. The highest BCUT2D eigenvalue weighted by atomic mass is 35.5. The Balaban J connectivity index is 2.26. The molecule has 4 heteroatoms. The quantitative estimate of drug-likeness (QED) is 0.607. The molecule has 0 radical (unpaired) electrons. The Morgan fingerprint density at radius 3 is 2.76 bits per heavy atom. The van der Waals surface area contributed by atoms with Gasteiger partial charge in [-0.3, -0.25) is 0 Å². The molecule has 0 saturated heterocycles. The number of para-hydroxylation sites is 1. The summed E-state index contributed by atoms with van der Waals surface area (Å²) in [5, 5.41) is 0.649. The van der Waals surface area contributed by atoms with E-state index in [0.29, 0.717) is 6.04 Å². The average molecular weight is 325 g/mol. The third-order valence-electron chi connectivity index (χ3n) is 4.81. The molecule has 2 nitrogen and oxygen atoms in total. The van der Waals surface area contributed by atoms with Gasteiger partial charge in [-0.05, 0) is 37.3 Å². The molecule has 2 aromatic rings. The number of fused-ring (bicyclic) bond motifs is 1. The first-order chi connectivity index (χ1) is 9.92. The molecule has 1 aromatic carbocycles. The lowest BCUT2D eigenvalue weighted by molar-refractivity contribution is 0.145. The van der Waals surface area contributed by atoms with Crippen molar-refractivity contribution in [1.29, 1.82) is 0 Å². The highest BCUT2D eigenvalue weighted by Gasteiger charge is 2.36. The molecular weight excluding hydrogens is 303 g/mol. The van der Waals surface area contributed by atoms with Crippen molar-refractivity contribution in [2.24, 2.45) is 5.41 Å². The molecule has 0 spiro atoms. The Labute approximate surface area is 136 Å². The van der Waals surface area contributed by atoms with E-state index in [1.165, 1.54) is 25.7 Å². The number of imidazole rings is 1. The molecule has 1 aliphatic rings. The standard InChI is InChI=1S/C17H22Cl2N2/c1-11(18)16-20-13-8-6-7-12(19)15(13)21(16)14-9-4-5-10-17(14,2)3/h6-8,11,14H,4-5,9-10H2,1-3H3. The summed E-state index contributed by atoms with van der Waals surface area (Å²) in [5.41, 5.74) is 2.24. The maximum absolute atomic E-state index is 6.49. The summed E-state index contributed by atoms with van der Waals surface area (Å²) >= 11 is 12.9. The van der Waals surface area contributed by atoms with Crippen LogP contribution in [0.1, 0.15) is 63.7 Å². The van der Waals surface area contributed by atoms with Crippen LogP contribution in [0, 0.1) is 5.41 Å². The molecule has 0 aliphatic heterocycles. The van der Waals surface area contributed by atoms with Crippen LogP contribution in [-0.2, 0) is 0 Å². The molecule has 2 atom stereocenters. The van der Waals surface area contributed by atoms with Gasteiger partial charge in [-0.25, -0.2) is 4.98 Å². The molecule has 1 aliphatic carbocycles. The van der Waals surface area contributed by atoms with Gasteiger partial charge < -0.3 is 4.57 Å². The highest BCUT2D eigenvalue weighted by molar-refractivity contribution is 6.35. The minimum Gasteiger partial charge on any atom is -0.322 e. The summed E-state index contributed by atoms with van der Waals surface area (Å²) in [7, 11) is 0. The lowest BCUT2D eigenvalue weighted by Gasteiger charge is -2.40. The monoisotopic (exact) mass is 324 g/mol. The van der Waals surface area contributed by atoms with Crippen molar-refractivity contribution in [3.05, 3.63) is 29.0 Å². The van der Waals surface area contributed by atoms with Gasteiger partial charge in [-0.1, -0.05) is 44.4 Å². The molecule has 0 N–H and O–H groups in total. The van der Waals surface area contributed by atoms with Gasteiger partial charge in [0.1, 0.15) is 5.82 Å². The van der Waals surface area contributed by atoms with Crippen molar-refractivity contribution in [2.45, 2.75) is 57.9 Å². The van der Waals surface area contributed by atoms with E-state index in [9.17, 15) is 0 Å². The van der Waals surface area contributed by atoms with Crippen LogP contribution in [0.4, 0.5) is 0 Å². The fraction of sp³-hybridized carbons (Fsp3) is 0.588. The van der Waals surface area contributed by atoms with Crippen molar-refractivity contribution in [3.63, 3.8) is 0 Å². The summed E-state index contributed by atoms with van der Waals surface area (Å²) in [6.45, 7) is 6.69. The first-order valence-corrected chi connectivity index (χ1v) is 8.53. The molecule has 0 bridgehead atoms. The van der Waals surface area contributed by atoms with E-state index < -0.39 is 0 Å². The topological polar surface area (TPSA) is 17.8 Å². The van der Waals surface area contributed by atoms with E-state index >= 15 is 0 Å². The van der Waals surface area contributed by atoms with Gasteiger partial charge in [0, 0.05) is 6.04 Å². The van der Waals surface area contributed by atoms with E-state index in [4.69, 9.17) is 28.2 Å². The molecule has 1 heterocycles. The van der Waals surface area contributed by atoms with Gasteiger partial charge >= 0.3 is 0 Å². The van der Waals surface area contributed by atoms with Crippen LogP contribution in [0.15, 0.2) is 18.2 Å². The minimum absolute atomic E-state index is 0.119. The van der Waals surface area contributed by atoms with E-state index in [1.54, 1.807) is 0 Å². The molecule has 0 amide bonds. The summed E-state index contributed by atoms with van der Waals surface area (Å²) in [5.74, 6) is 0.944. The van der Waals surface area contributed by atoms with Crippen LogP contribution in [0.3, 0.4) is 0 Å². The van der Waals surface area contributed by atoms with Gasteiger partial charge in [0.15, 0.2) is 0 Å². The second-order valence-corrected chi connectivity index (χ2v) is 7.88. The highest BCUT2D eigenvalue weighted by Crippen LogP contribution is 2.47. The molecule has 21 heavy (non-hydrogen) atoms. The Morgan fingerprint density at radius 1 is 1.33 bits per heavy atom. The Hall–Kier alpha value is -0.730. The first-order valence-electron chi connectivity index (χ1n) is 7.72. The van der Waals surface area contributed by atoms with E-state index in [2.05, 4.69) is 18.4 Å². The van der Waals surface area contributed by atoms with Crippen LogP contribution in [0.5, 0.6) is 0 Å². The van der Waals surface area contributed by atoms with Gasteiger partial charge in [0.25, 0.3) is 0 Å². The van der Waals surface area contributed by atoms with Crippen LogP contribution < -0.4 is 0 Å². The zero-order valence-electron chi connectivity index (χ0n) is 12.9. The molecule has 114 valence electrons. The normalized spacial score (nSPS) is 23.4. The Morgan fingerprint density at radius 2 is 2.10 bits per heavy atom. The zero-order valence-corrected chi connectivity index (χ0v) is 14.4. The molecule has 2 unspecified atom stereocenters. The zero-order chi connectivity index (χ0) is 15.2. The smallest absolute Gasteiger partial charge is 0.128 e. The Kier molecular flexibility index (Phi) is 3.96. The predicted molar refractivity (Wildman–Crippen MR) is 90.3 cm³/mol. The van der Waals surface area contributed by atoms with E-state index in [0.717, 1.165) is 21.9 Å². The third-order valence-corrected chi connectivity index (χ3v) is 5.31. The van der Waals surface area contributed by atoms with Gasteiger partial charge in [0.05, 0.1) is 21.4 Å². The van der Waals surface area contributed by atoms with Crippen molar-refractivity contribution < 1.29 is 0 Å². The molecular formula is C17H22Cl2N2. The first kappa shape index (κ1) is 15.2. The second-order valence-electron chi connectivity index (χ2n) is 6.81. The molecule has 3 rings (SSSR count). The Bertz CT molecular complexity index is 658. The van der Waals surface area contributed by atoms with E-state index in [-0.39, 0.29) is 10.8 Å². The number of rotatable bonds is 2. The summed E-state index contributed by atoms with van der Waals surface area (Å²) in [6.07, 6.45) is 4.96. The molecule has 1 fully saturated rings. The number of hydrogen-bond acceptors (Lipinski definition) is 1. The number of hydrogen-bond donors (Lipinski definition) is 0. The fourth-order valence-corrected chi connectivity index (χ4v) is 4.09. The van der Waals surface area contributed by atoms with Crippen molar-refractivity contribution in [1.82, 2.24) is 9.55 Å². The number of halogens is 2. The number of alkyl halides is 1. The van der Waals surface area contributed by atoms with E-state index in [1.807, 2.05) is 25.1 Å². The van der Waals surface area contributed by atoms with Crippen molar-refractivity contribution in [2.75, 3.05) is 0 Å². The summed E-state index contributed by atoms with van der Waals surface area (Å²) in [4.78, 5) is 4.76. The average Bonchev–Trinajstić information content (AvgIpc) is 2.79. The maximum atomic E-state index is 6.49. The lowest BCUT2D eigenvalue weighted by Crippen LogP contribution is -2.31. The molecule has 1 saturated carbocycles. The maximum Gasteiger partial charge on any atom is 0.128 e. The van der Waals surface area contributed by atoms with Crippen molar-refractivity contribution in [3.8, 4) is 0 Å². The number of benzene rings is 1. The SMILES string of the molecule is CC(Cl)c1nc2cccc(Cl)c2n1C1CCCCC1(C)C. The van der Waals surface area contributed by atoms with Crippen LogP contribution >= 0.6 is 23.2 Å². The fourth-order valence-electron chi connectivity index (χ4n) is 3.67. The third kappa shape index (κ3) is 2.57. The van der Waals surface area contributed by atoms with Crippen molar-refractivity contribution >= 4 is 34.2 Å². The van der Waals surface area contributed by atoms with Crippen LogP contribution in [-0.4, -0.2) is 9.55 Å². The number of nitrogens with zero attached hydrogens (tertiary/aromatic N) is 2. The minimum atomic E-state index is -0.119. The summed E-state index contributed by atoms with van der Waals surface area (Å²) < 4.78 is 2.33. The summed E-state index contributed by atoms with van der Waals surface area (Å²) in [6, 6.07) is 6.33. The molecule has 1 aromatic heterocycles. The van der Waals surface area contributed by atoms with Gasteiger partial charge in [-0.15, -0.1) is 11.6 Å². The predicted octanol–water partition coefficient (Wildman–Crippen LogP) is 6.13. The largest absolute Gasteiger partial charge is 0.322 e. The van der Waals surface area contributed by atoms with Crippen LogP contribution in [0.2, 0.25) is 5.02 Å². The van der Waals surface area contributed by atoms with Gasteiger partial charge in [-0.2, -0.15) is 0 Å². The van der Waals surface area contributed by atoms with Crippen LogP contribution in [0.25, 0.3) is 11.0 Å². The van der Waals surface area contributed by atoms with Gasteiger partial charge in [0.2, 0.25) is 0 Å².